The second kappa shape index (κ2) is 7.77. The zero-order chi connectivity index (χ0) is 14.4. The molecule has 112 valence electrons. The number of piperidine rings is 1. The Morgan fingerprint density at radius 2 is 1.85 bits per heavy atom. The number of nitrogens with one attached hydrogen (secondary N) is 1. The maximum Gasteiger partial charge on any atom is 0.126 e. The second-order valence-corrected chi connectivity index (χ2v) is 6.46. The van der Waals surface area contributed by atoms with E-state index in [1.165, 1.54) is 24.4 Å². The van der Waals surface area contributed by atoms with E-state index >= 15 is 0 Å². The Kier molecular flexibility index (Phi) is 6.02. The molecular weight excluding hydrogens is 250 g/mol. The number of rotatable bonds is 6. The molecule has 1 heterocycles. The number of aliphatic hydroxyl groups excluding tert-OH is 1. The van der Waals surface area contributed by atoms with Crippen LogP contribution in [0.3, 0.4) is 0 Å². The first kappa shape index (κ1) is 15.5. The lowest BCUT2D eigenvalue weighted by molar-refractivity contribution is -0.915. The van der Waals surface area contributed by atoms with Gasteiger partial charge < -0.3 is 14.7 Å². The van der Waals surface area contributed by atoms with E-state index < -0.39 is 0 Å². The highest BCUT2D eigenvalue weighted by molar-refractivity contribution is 5.13. The lowest BCUT2D eigenvalue weighted by Gasteiger charge is -2.33. The van der Waals surface area contributed by atoms with E-state index in [9.17, 15) is 5.11 Å². The first-order valence-corrected chi connectivity index (χ1v) is 7.76. The molecule has 0 radical (unpaired) electrons. The van der Waals surface area contributed by atoms with Crippen molar-refractivity contribution in [3.05, 3.63) is 35.9 Å². The van der Waals surface area contributed by atoms with Crippen molar-refractivity contribution in [2.24, 2.45) is 11.8 Å². The summed E-state index contributed by atoms with van der Waals surface area (Å²) in [7, 11) is 0. The molecule has 20 heavy (non-hydrogen) atoms. The molecule has 3 atom stereocenters. The molecule has 0 unspecified atom stereocenters. The van der Waals surface area contributed by atoms with Gasteiger partial charge in [-0.15, -0.1) is 0 Å². The van der Waals surface area contributed by atoms with Gasteiger partial charge in [-0.05, 0) is 12.0 Å². The van der Waals surface area contributed by atoms with Crippen LogP contribution in [0.2, 0.25) is 0 Å². The maximum absolute atomic E-state index is 10.1. The van der Waals surface area contributed by atoms with E-state index in [4.69, 9.17) is 4.74 Å². The van der Waals surface area contributed by atoms with Crippen LogP contribution in [0.25, 0.3) is 0 Å². The average molecular weight is 278 g/mol. The van der Waals surface area contributed by atoms with Crippen molar-refractivity contribution in [3.8, 4) is 0 Å². The Morgan fingerprint density at radius 1 is 1.20 bits per heavy atom. The Bertz CT molecular complexity index is 372. The van der Waals surface area contributed by atoms with Gasteiger partial charge in [-0.25, -0.2) is 0 Å². The number of hydrogen-bond donors (Lipinski definition) is 2. The van der Waals surface area contributed by atoms with Crippen molar-refractivity contribution in [2.75, 3.05) is 26.2 Å². The summed E-state index contributed by atoms with van der Waals surface area (Å²) in [5.41, 5.74) is 1.16. The second-order valence-electron chi connectivity index (χ2n) is 6.46. The summed E-state index contributed by atoms with van der Waals surface area (Å²) in [6, 6.07) is 10.1. The lowest BCUT2D eigenvalue weighted by Crippen LogP contribution is -3.15. The third kappa shape index (κ3) is 5.23. The van der Waals surface area contributed by atoms with Crippen molar-refractivity contribution in [3.63, 3.8) is 0 Å². The minimum absolute atomic E-state index is 0.355. The normalized spacial score (nSPS) is 28.2. The molecule has 3 nitrogen and oxygen atoms in total. The highest BCUT2D eigenvalue weighted by atomic mass is 16.5. The number of likely N-dealkylation sites (tertiary alicyclic amines) is 1. The van der Waals surface area contributed by atoms with Crippen LogP contribution >= 0.6 is 0 Å². The first-order valence-electron chi connectivity index (χ1n) is 7.76. The Hall–Kier alpha value is -0.900. The quantitative estimate of drug-likeness (QED) is 0.818. The van der Waals surface area contributed by atoms with Gasteiger partial charge in [0.25, 0.3) is 0 Å². The van der Waals surface area contributed by atoms with Gasteiger partial charge in [0.15, 0.2) is 0 Å². The number of aliphatic hydroxyl groups is 1. The summed E-state index contributed by atoms with van der Waals surface area (Å²) in [5.74, 6) is 1.54. The van der Waals surface area contributed by atoms with Crippen LogP contribution in [0.1, 0.15) is 25.8 Å². The van der Waals surface area contributed by atoms with E-state index in [1.807, 2.05) is 30.3 Å². The minimum Gasteiger partial charge on any atom is -0.385 e. The zero-order valence-electron chi connectivity index (χ0n) is 12.7. The van der Waals surface area contributed by atoms with Gasteiger partial charge in [0.2, 0.25) is 0 Å². The Morgan fingerprint density at radius 3 is 2.50 bits per heavy atom. The fraction of sp³-hybridized carbons (Fsp3) is 0.647. The van der Waals surface area contributed by atoms with E-state index in [1.54, 1.807) is 0 Å². The van der Waals surface area contributed by atoms with Gasteiger partial charge >= 0.3 is 0 Å². The third-order valence-corrected chi connectivity index (χ3v) is 4.03. The zero-order valence-corrected chi connectivity index (χ0v) is 12.7. The molecule has 0 spiro atoms. The van der Waals surface area contributed by atoms with Crippen LogP contribution in [-0.2, 0) is 11.3 Å². The molecular formula is C17H28NO2+. The summed E-state index contributed by atoms with van der Waals surface area (Å²) in [4.78, 5) is 1.52. The fourth-order valence-corrected chi connectivity index (χ4v) is 3.37. The van der Waals surface area contributed by atoms with Gasteiger partial charge in [0.05, 0.1) is 26.3 Å². The number of hydrogen-bond acceptors (Lipinski definition) is 2. The van der Waals surface area contributed by atoms with E-state index in [0.717, 1.165) is 23.9 Å². The van der Waals surface area contributed by atoms with Gasteiger partial charge in [-0.1, -0.05) is 44.2 Å². The smallest absolute Gasteiger partial charge is 0.126 e. The van der Waals surface area contributed by atoms with Crippen LogP contribution in [-0.4, -0.2) is 37.5 Å². The molecule has 2 rings (SSSR count). The van der Waals surface area contributed by atoms with Crippen LogP contribution in [0.15, 0.2) is 30.3 Å². The molecule has 1 fully saturated rings. The first-order chi connectivity index (χ1) is 9.63. The summed E-state index contributed by atoms with van der Waals surface area (Å²) in [6.07, 6.45) is 0.968. The Labute approximate surface area is 122 Å². The summed E-state index contributed by atoms with van der Waals surface area (Å²) in [5, 5.41) is 10.1. The highest BCUT2D eigenvalue weighted by Gasteiger charge is 2.26. The summed E-state index contributed by atoms with van der Waals surface area (Å²) < 4.78 is 5.61. The number of benzene rings is 1. The van der Waals surface area contributed by atoms with Crippen LogP contribution in [0, 0.1) is 11.8 Å². The topological polar surface area (TPSA) is 33.9 Å². The molecule has 1 aromatic rings. The number of ether oxygens (including phenoxy) is 1. The fourth-order valence-electron chi connectivity index (χ4n) is 3.37. The molecule has 0 aromatic heterocycles. The molecule has 0 amide bonds. The molecule has 1 saturated heterocycles. The maximum atomic E-state index is 10.1. The average Bonchev–Trinajstić information content (AvgIpc) is 2.38. The van der Waals surface area contributed by atoms with Gasteiger partial charge in [-0.2, -0.15) is 0 Å². The molecule has 0 saturated carbocycles. The molecule has 3 heteroatoms. The van der Waals surface area contributed by atoms with E-state index in [2.05, 4.69) is 13.8 Å². The molecule has 2 N–H and O–H groups in total. The van der Waals surface area contributed by atoms with Crippen molar-refractivity contribution < 1.29 is 14.7 Å². The summed E-state index contributed by atoms with van der Waals surface area (Å²) in [6.45, 7) is 8.81. The van der Waals surface area contributed by atoms with E-state index in [0.29, 0.717) is 13.2 Å². The molecule has 1 aliphatic rings. The van der Waals surface area contributed by atoms with Crippen molar-refractivity contribution >= 4 is 0 Å². The van der Waals surface area contributed by atoms with Crippen molar-refractivity contribution in [1.29, 1.82) is 0 Å². The predicted octanol–water partition coefficient (Wildman–Crippen LogP) is 1.12. The van der Waals surface area contributed by atoms with Crippen LogP contribution in [0.5, 0.6) is 0 Å². The largest absolute Gasteiger partial charge is 0.385 e. The van der Waals surface area contributed by atoms with Gasteiger partial charge in [-0.3, -0.25) is 0 Å². The number of quaternary nitrogens is 1. The molecule has 1 aromatic carbocycles. The predicted molar refractivity (Wildman–Crippen MR) is 80.6 cm³/mol. The van der Waals surface area contributed by atoms with Gasteiger partial charge in [0.1, 0.15) is 12.6 Å². The third-order valence-electron chi connectivity index (χ3n) is 4.03. The Balaban J connectivity index is 1.66. The SMILES string of the molecule is C[C@@H]1C[C@@H](C)C[NH+](C[C@H](O)COCc2ccccc2)C1. The highest BCUT2D eigenvalue weighted by Crippen LogP contribution is 2.12. The van der Waals surface area contributed by atoms with Crippen LogP contribution < -0.4 is 4.90 Å². The van der Waals surface area contributed by atoms with Crippen LogP contribution in [0.4, 0.5) is 0 Å². The molecule has 0 bridgehead atoms. The molecule has 0 aliphatic carbocycles. The standard InChI is InChI=1S/C17H27NO2/c1-14-8-15(2)10-18(9-14)11-17(19)13-20-12-16-6-4-3-5-7-16/h3-7,14-15,17,19H,8-13H2,1-2H3/p+1/t14-,15-,17+/m1/s1. The lowest BCUT2D eigenvalue weighted by atomic mass is 9.92. The van der Waals surface area contributed by atoms with E-state index in [-0.39, 0.29) is 6.10 Å². The minimum atomic E-state index is -0.355. The van der Waals surface area contributed by atoms with Crippen molar-refractivity contribution in [2.45, 2.75) is 33.0 Å². The molecule has 1 aliphatic heterocycles. The summed E-state index contributed by atoms with van der Waals surface area (Å²) >= 11 is 0. The van der Waals surface area contributed by atoms with Crippen molar-refractivity contribution in [1.82, 2.24) is 0 Å². The monoisotopic (exact) mass is 278 g/mol. The van der Waals surface area contributed by atoms with Gasteiger partial charge in [0, 0.05) is 11.8 Å².